The fourth-order valence-electron chi connectivity index (χ4n) is 1.81. The Hall–Kier alpha value is -1.32. The van der Waals surface area contributed by atoms with Gasteiger partial charge >= 0.3 is 0 Å². The molecule has 0 aliphatic heterocycles. The van der Waals surface area contributed by atoms with E-state index in [1.165, 1.54) is 0 Å². The summed E-state index contributed by atoms with van der Waals surface area (Å²) in [5, 5.41) is 0.745. The first-order valence-electron chi connectivity index (χ1n) is 5.68. The van der Waals surface area contributed by atoms with Crippen molar-refractivity contribution in [2.45, 2.75) is 26.3 Å². The molecule has 4 heteroatoms. The van der Waals surface area contributed by atoms with Gasteiger partial charge in [-0.25, -0.2) is 4.98 Å². The molecule has 2 aromatic rings. The molecule has 0 bridgehead atoms. The predicted octanol–water partition coefficient (Wildman–Crippen LogP) is 3.24. The Morgan fingerprint density at radius 1 is 1.47 bits per heavy atom. The maximum atomic E-state index is 6.32. The molecule has 2 N–H and O–H groups in total. The molecule has 0 saturated carbocycles. The van der Waals surface area contributed by atoms with Crippen LogP contribution in [0.3, 0.4) is 0 Å². The van der Waals surface area contributed by atoms with Crippen molar-refractivity contribution in [2.24, 2.45) is 5.73 Å². The number of halogens is 1. The quantitative estimate of drug-likeness (QED) is 0.908. The zero-order valence-electron chi connectivity index (χ0n) is 10.0. The van der Waals surface area contributed by atoms with Gasteiger partial charge in [0.15, 0.2) is 0 Å². The van der Waals surface area contributed by atoms with Gasteiger partial charge < -0.3 is 10.3 Å². The Morgan fingerprint density at radius 3 is 2.94 bits per heavy atom. The van der Waals surface area contributed by atoms with Gasteiger partial charge in [0.05, 0.1) is 28.9 Å². The van der Waals surface area contributed by atoms with Crippen LogP contribution in [0.4, 0.5) is 0 Å². The summed E-state index contributed by atoms with van der Waals surface area (Å²) in [6.07, 6.45) is 4.42. The average Bonchev–Trinajstić information content (AvgIpc) is 2.80. The Kier molecular flexibility index (Phi) is 3.50. The first-order chi connectivity index (χ1) is 8.15. The maximum Gasteiger partial charge on any atom is 0.0995 e. The normalized spacial score (nSPS) is 12.7. The van der Waals surface area contributed by atoms with E-state index < -0.39 is 0 Å². The van der Waals surface area contributed by atoms with Crippen molar-refractivity contribution in [2.75, 3.05) is 0 Å². The highest BCUT2D eigenvalue weighted by molar-refractivity contribution is 6.33. The number of imidazole rings is 1. The minimum atomic E-state index is -0.0194. The fourth-order valence-corrected chi connectivity index (χ4v) is 2.03. The molecule has 1 heterocycles. The van der Waals surface area contributed by atoms with Crippen LogP contribution >= 0.6 is 11.6 Å². The van der Waals surface area contributed by atoms with Gasteiger partial charge in [-0.2, -0.15) is 0 Å². The zero-order valence-corrected chi connectivity index (χ0v) is 10.8. The van der Waals surface area contributed by atoms with Crippen molar-refractivity contribution in [3.05, 3.63) is 47.0 Å². The molecular weight excluding hydrogens is 234 g/mol. The minimum Gasteiger partial charge on any atom is -0.323 e. The molecule has 90 valence electrons. The van der Waals surface area contributed by atoms with E-state index in [1.807, 2.05) is 29.7 Å². The molecule has 3 nitrogen and oxygen atoms in total. The van der Waals surface area contributed by atoms with Crippen molar-refractivity contribution < 1.29 is 0 Å². The van der Waals surface area contributed by atoms with Crippen LogP contribution in [0.5, 0.6) is 0 Å². The van der Waals surface area contributed by atoms with Crippen LogP contribution in [0.15, 0.2) is 30.7 Å². The van der Waals surface area contributed by atoms with E-state index in [4.69, 9.17) is 17.3 Å². The Balaban J connectivity index is 2.54. The van der Waals surface area contributed by atoms with E-state index in [0.29, 0.717) is 0 Å². The van der Waals surface area contributed by atoms with Crippen molar-refractivity contribution in [3.63, 3.8) is 0 Å². The molecule has 2 rings (SSSR count). The molecule has 1 aromatic carbocycles. The van der Waals surface area contributed by atoms with Crippen molar-refractivity contribution >= 4 is 11.6 Å². The lowest BCUT2D eigenvalue weighted by Gasteiger charge is -2.14. The molecule has 1 atom stereocenters. The number of benzene rings is 1. The van der Waals surface area contributed by atoms with Gasteiger partial charge in [0.2, 0.25) is 0 Å². The maximum absolute atomic E-state index is 6.32. The van der Waals surface area contributed by atoms with Gasteiger partial charge in [-0.3, -0.25) is 0 Å². The van der Waals surface area contributed by atoms with Crippen LogP contribution in [0.1, 0.15) is 30.6 Å². The number of aryl methyl sites for hydroxylation is 1. The first-order valence-corrected chi connectivity index (χ1v) is 6.06. The van der Waals surface area contributed by atoms with E-state index in [0.717, 1.165) is 28.4 Å². The fraction of sp³-hybridized carbons (Fsp3) is 0.308. The second-order valence-electron chi connectivity index (χ2n) is 4.11. The van der Waals surface area contributed by atoms with Crippen molar-refractivity contribution in [1.82, 2.24) is 9.55 Å². The highest BCUT2D eigenvalue weighted by Gasteiger charge is 2.13. The third kappa shape index (κ3) is 2.21. The van der Waals surface area contributed by atoms with Gasteiger partial charge in [0, 0.05) is 6.04 Å². The number of rotatable bonds is 3. The van der Waals surface area contributed by atoms with E-state index >= 15 is 0 Å². The minimum absolute atomic E-state index is 0.0194. The summed E-state index contributed by atoms with van der Waals surface area (Å²) < 4.78 is 1.96. The average molecular weight is 250 g/mol. The summed E-state index contributed by atoms with van der Waals surface area (Å²) in [6.45, 7) is 4.04. The van der Waals surface area contributed by atoms with Crippen LogP contribution in [0.2, 0.25) is 5.02 Å². The van der Waals surface area contributed by atoms with Crippen LogP contribution in [0.25, 0.3) is 5.69 Å². The van der Waals surface area contributed by atoms with Gasteiger partial charge in [-0.1, -0.05) is 30.7 Å². The van der Waals surface area contributed by atoms with E-state index in [1.54, 1.807) is 12.5 Å². The van der Waals surface area contributed by atoms with E-state index in [9.17, 15) is 0 Å². The van der Waals surface area contributed by atoms with Crippen LogP contribution in [0, 0.1) is 6.92 Å². The van der Waals surface area contributed by atoms with Crippen molar-refractivity contribution in [3.8, 4) is 5.69 Å². The summed E-state index contributed by atoms with van der Waals surface area (Å²) in [5.41, 5.74) is 9.03. The molecule has 0 unspecified atom stereocenters. The van der Waals surface area contributed by atoms with Crippen LogP contribution in [-0.2, 0) is 0 Å². The van der Waals surface area contributed by atoms with E-state index in [2.05, 4.69) is 11.9 Å². The topological polar surface area (TPSA) is 43.8 Å². The Morgan fingerprint density at radius 2 is 2.24 bits per heavy atom. The zero-order chi connectivity index (χ0) is 12.4. The van der Waals surface area contributed by atoms with Crippen LogP contribution < -0.4 is 5.73 Å². The predicted molar refractivity (Wildman–Crippen MR) is 70.5 cm³/mol. The standard InChI is InChI=1S/C13H16ClN3/c1-3-10(15)12-7-16-8-17(12)11-6-4-5-9(2)13(11)14/h4-8,10H,3,15H2,1-2H3/t10-/m1/s1. The summed E-state index contributed by atoms with van der Waals surface area (Å²) >= 11 is 6.32. The lowest BCUT2D eigenvalue weighted by Crippen LogP contribution is -2.13. The molecule has 0 spiro atoms. The van der Waals surface area contributed by atoms with Crippen LogP contribution in [-0.4, -0.2) is 9.55 Å². The number of hydrogen-bond acceptors (Lipinski definition) is 2. The summed E-state index contributed by atoms with van der Waals surface area (Å²) in [4.78, 5) is 4.16. The van der Waals surface area contributed by atoms with Gasteiger partial charge in [-0.05, 0) is 25.0 Å². The van der Waals surface area contributed by atoms with Gasteiger partial charge in [-0.15, -0.1) is 0 Å². The Labute approximate surface area is 106 Å². The van der Waals surface area contributed by atoms with E-state index in [-0.39, 0.29) is 6.04 Å². The molecular formula is C13H16ClN3. The number of nitrogens with zero attached hydrogens (tertiary/aromatic N) is 2. The molecule has 0 saturated heterocycles. The highest BCUT2D eigenvalue weighted by Crippen LogP contribution is 2.26. The Bertz CT molecular complexity index is 519. The molecule has 0 aliphatic rings. The highest BCUT2D eigenvalue weighted by atomic mass is 35.5. The SMILES string of the molecule is CC[C@@H](N)c1cncn1-c1cccc(C)c1Cl. The summed E-state index contributed by atoms with van der Waals surface area (Å²) in [6, 6.07) is 5.93. The molecule has 0 radical (unpaired) electrons. The first kappa shape index (κ1) is 12.1. The smallest absolute Gasteiger partial charge is 0.0995 e. The molecule has 0 fully saturated rings. The largest absolute Gasteiger partial charge is 0.323 e. The molecule has 17 heavy (non-hydrogen) atoms. The molecule has 0 amide bonds. The summed E-state index contributed by atoms with van der Waals surface area (Å²) in [5.74, 6) is 0. The summed E-state index contributed by atoms with van der Waals surface area (Å²) in [7, 11) is 0. The third-order valence-electron chi connectivity index (χ3n) is 2.92. The molecule has 1 aromatic heterocycles. The number of nitrogens with two attached hydrogens (primary N) is 1. The number of hydrogen-bond donors (Lipinski definition) is 1. The lowest BCUT2D eigenvalue weighted by atomic mass is 10.1. The van der Waals surface area contributed by atoms with Crippen molar-refractivity contribution in [1.29, 1.82) is 0 Å². The molecule has 0 aliphatic carbocycles. The van der Waals surface area contributed by atoms with Gasteiger partial charge in [0.1, 0.15) is 0 Å². The lowest BCUT2D eigenvalue weighted by molar-refractivity contribution is 0.660. The van der Waals surface area contributed by atoms with Gasteiger partial charge in [0.25, 0.3) is 0 Å². The number of aromatic nitrogens is 2. The second kappa shape index (κ2) is 4.90. The third-order valence-corrected chi connectivity index (χ3v) is 3.41. The monoisotopic (exact) mass is 249 g/mol. The second-order valence-corrected chi connectivity index (χ2v) is 4.49.